The summed E-state index contributed by atoms with van der Waals surface area (Å²) in [6.45, 7) is 5.42. The fourth-order valence-corrected chi connectivity index (χ4v) is 7.31. The minimum atomic E-state index is -3.22. The lowest BCUT2D eigenvalue weighted by Crippen LogP contribution is -2.20. The summed E-state index contributed by atoms with van der Waals surface area (Å²) in [6.07, 6.45) is 0.222. The highest BCUT2D eigenvalue weighted by atomic mass is 32.2. The van der Waals surface area contributed by atoms with Crippen LogP contribution in [0.3, 0.4) is 0 Å². The quantitative estimate of drug-likeness (QED) is 0.549. The van der Waals surface area contributed by atoms with Crippen molar-refractivity contribution in [3.63, 3.8) is 0 Å². The average molecular weight is 481 g/mol. The lowest BCUT2D eigenvalue weighted by molar-refractivity contribution is 0.0527. The molecule has 1 aliphatic heterocycles. The van der Waals surface area contributed by atoms with Crippen LogP contribution in [0.1, 0.15) is 48.8 Å². The molecule has 31 heavy (non-hydrogen) atoms. The standard InChI is InChI=1S/C20H20N2O6S3/c1-4-27-20(24)15-12-7-8-31(25,26)9-14(12)29-19(15)22-17(23)16-11(3)21-18(30-16)13-6-5-10(2)28-13/h5-6H,4,7-9H2,1-3H3,(H,22,23). The van der Waals surface area contributed by atoms with Gasteiger partial charge >= 0.3 is 5.97 Å². The van der Waals surface area contributed by atoms with Crippen LogP contribution in [0.5, 0.6) is 0 Å². The van der Waals surface area contributed by atoms with E-state index in [4.69, 9.17) is 9.15 Å². The van der Waals surface area contributed by atoms with E-state index < -0.39 is 21.7 Å². The number of esters is 1. The number of amides is 1. The third-order valence-electron chi connectivity index (χ3n) is 4.77. The van der Waals surface area contributed by atoms with E-state index >= 15 is 0 Å². The molecule has 0 saturated heterocycles. The molecular formula is C20H20N2O6S3. The Labute approximate surface area is 187 Å². The van der Waals surface area contributed by atoms with E-state index in [9.17, 15) is 18.0 Å². The number of nitrogens with one attached hydrogen (secondary N) is 1. The maximum atomic E-state index is 13.0. The molecule has 11 heteroatoms. The molecule has 0 fully saturated rings. The molecule has 4 heterocycles. The predicted molar refractivity (Wildman–Crippen MR) is 119 cm³/mol. The summed E-state index contributed by atoms with van der Waals surface area (Å²) in [4.78, 5) is 31.0. The summed E-state index contributed by atoms with van der Waals surface area (Å²) < 4.78 is 34.8. The minimum Gasteiger partial charge on any atom is -0.462 e. The second kappa shape index (κ2) is 8.21. The van der Waals surface area contributed by atoms with E-state index in [1.54, 1.807) is 19.9 Å². The van der Waals surface area contributed by atoms with E-state index in [0.29, 0.717) is 36.8 Å². The number of anilines is 1. The number of ether oxygens (including phenoxy) is 1. The number of carbonyl (C=O) groups excluding carboxylic acids is 2. The van der Waals surface area contributed by atoms with Crippen molar-refractivity contribution in [3.05, 3.63) is 44.5 Å². The van der Waals surface area contributed by atoms with E-state index in [1.165, 1.54) is 11.3 Å². The van der Waals surface area contributed by atoms with Crippen molar-refractivity contribution in [1.82, 2.24) is 4.98 Å². The molecule has 0 bridgehead atoms. The molecular weight excluding hydrogens is 460 g/mol. The van der Waals surface area contributed by atoms with E-state index in [1.807, 2.05) is 13.0 Å². The van der Waals surface area contributed by atoms with Gasteiger partial charge in [0.25, 0.3) is 5.91 Å². The van der Waals surface area contributed by atoms with E-state index in [0.717, 1.165) is 17.1 Å². The van der Waals surface area contributed by atoms with Gasteiger partial charge in [0.2, 0.25) is 0 Å². The smallest absolute Gasteiger partial charge is 0.341 e. The number of hydrogen-bond donors (Lipinski definition) is 1. The fourth-order valence-electron chi connectivity index (χ4n) is 3.35. The zero-order valence-corrected chi connectivity index (χ0v) is 19.6. The number of thiazole rings is 1. The van der Waals surface area contributed by atoms with Gasteiger partial charge in [0.1, 0.15) is 15.6 Å². The molecule has 0 spiro atoms. The Morgan fingerprint density at radius 3 is 2.71 bits per heavy atom. The number of aryl methyl sites for hydroxylation is 2. The normalized spacial score (nSPS) is 14.8. The SMILES string of the molecule is CCOC(=O)c1c(NC(=O)c2sc(-c3ccc(C)o3)nc2C)sc2c1CCS(=O)(=O)C2. The number of furan rings is 1. The fraction of sp³-hybridized carbons (Fsp3) is 0.350. The molecule has 1 aliphatic rings. The average Bonchev–Trinajstić information content (AvgIpc) is 3.37. The lowest BCUT2D eigenvalue weighted by atomic mass is 10.1. The summed E-state index contributed by atoms with van der Waals surface area (Å²) in [6, 6.07) is 3.61. The van der Waals surface area contributed by atoms with Crippen LogP contribution >= 0.6 is 22.7 Å². The highest BCUT2D eigenvalue weighted by Crippen LogP contribution is 2.39. The molecule has 0 aliphatic carbocycles. The van der Waals surface area contributed by atoms with Crippen molar-refractivity contribution in [3.8, 4) is 10.8 Å². The van der Waals surface area contributed by atoms with Crippen molar-refractivity contribution < 1.29 is 27.2 Å². The van der Waals surface area contributed by atoms with Gasteiger partial charge in [0, 0.05) is 4.88 Å². The molecule has 0 atom stereocenters. The van der Waals surface area contributed by atoms with Gasteiger partial charge in [-0.15, -0.1) is 22.7 Å². The van der Waals surface area contributed by atoms with Crippen LogP contribution in [0.4, 0.5) is 5.00 Å². The van der Waals surface area contributed by atoms with Gasteiger partial charge in [-0.2, -0.15) is 0 Å². The number of sulfone groups is 1. The number of thiophene rings is 1. The van der Waals surface area contributed by atoms with Crippen molar-refractivity contribution in [1.29, 1.82) is 0 Å². The highest BCUT2D eigenvalue weighted by molar-refractivity contribution is 7.90. The van der Waals surface area contributed by atoms with Crippen LogP contribution in [0.2, 0.25) is 0 Å². The molecule has 3 aromatic heterocycles. The molecule has 0 aromatic carbocycles. The monoisotopic (exact) mass is 480 g/mol. The first kappa shape index (κ1) is 21.7. The van der Waals surface area contributed by atoms with Crippen molar-refractivity contribution in [2.45, 2.75) is 32.9 Å². The largest absolute Gasteiger partial charge is 0.462 e. The van der Waals surface area contributed by atoms with E-state index in [-0.39, 0.29) is 30.1 Å². The molecule has 8 nitrogen and oxygen atoms in total. The zero-order valence-electron chi connectivity index (χ0n) is 17.1. The van der Waals surface area contributed by atoms with Gasteiger partial charge in [0.15, 0.2) is 20.6 Å². The molecule has 0 radical (unpaired) electrons. The number of hydrogen-bond acceptors (Lipinski definition) is 9. The van der Waals surface area contributed by atoms with Gasteiger partial charge in [-0.1, -0.05) is 0 Å². The molecule has 164 valence electrons. The zero-order chi connectivity index (χ0) is 22.3. The number of nitrogens with zero attached hydrogens (tertiary/aromatic N) is 1. The van der Waals surface area contributed by atoms with Gasteiger partial charge in [-0.25, -0.2) is 18.2 Å². The number of fused-ring (bicyclic) bond motifs is 1. The molecule has 1 amide bonds. The Morgan fingerprint density at radius 2 is 2.03 bits per heavy atom. The van der Waals surface area contributed by atoms with Crippen molar-refractivity contribution in [2.75, 3.05) is 17.7 Å². The first-order valence-corrected chi connectivity index (χ1v) is 13.0. The molecule has 4 rings (SSSR count). The van der Waals surface area contributed by atoms with Crippen LogP contribution in [-0.2, 0) is 26.7 Å². The Bertz CT molecular complexity index is 1280. The second-order valence-corrected chi connectivity index (χ2v) is 11.4. The van der Waals surface area contributed by atoms with Crippen LogP contribution < -0.4 is 5.32 Å². The third kappa shape index (κ3) is 4.30. The topological polar surface area (TPSA) is 116 Å². The first-order chi connectivity index (χ1) is 14.7. The van der Waals surface area contributed by atoms with Crippen LogP contribution in [0.25, 0.3) is 10.8 Å². The summed E-state index contributed by atoms with van der Waals surface area (Å²) in [5.74, 6) is 0.160. The number of aromatic nitrogens is 1. The maximum absolute atomic E-state index is 13.0. The third-order valence-corrected chi connectivity index (χ3v) is 8.82. The summed E-state index contributed by atoms with van der Waals surface area (Å²) >= 11 is 2.30. The van der Waals surface area contributed by atoms with Crippen molar-refractivity contribution >= 4 is 49.4 Å². The Morgan fingerprint density at radius 1 is 1.26 bits per heavy atom. The Kier molecular flexibility index (Phi) is 5.75. The van der Waals surface area contributed by atoms with Crippen LogP contribution in [0, 0.1) is 13.8 Å². The predicted octanol–water partition coefficient (Wildman–Crippen LogP) is 3.98. The maximum Gasteiger partial charge on any atom is 0.341 e. The van der Waals surface area contributed by atoms with Gasteiger partial charge in [-0.05, 0) is 44.9 Å². The molecule has 1 N–H and O–H groups in total. The Balaban J connectivity index is 1.68. The van der Waals surface area contributed by atoms with Crippen LogP contribution in [-0.4, -0.2) is 37.6 Å². The summed E-state index contributed by atoms with van der Waals surface area (Å²) in [7, 11) is -3.22. The number of carbonyl (C=O) groups is 2. The van der Waals surface area contributed by atoms with E-state index in [2.05, 4.69) is 10.3 Å². The first-order valence-electron chi connectivity index (χ1n) is 9.56. The van der Waals surface area contributed by atoms with Gasteiger partial charge < -0.3 is 14.5 Å². The molecule has 0 unspecified atom stereocenters. The van der Waals surface area contributed by atoms with Gasteiger partial charge in [-0.3, -0.25) is 4.79 Å². The number of rotatable bonds is 5. The highest BCUT2D eigenvalue weighted by Gasteiger charge is 2.32. The molecule has 3 aromatic rings. The summed E-state index contributed by atoms with van der Waals surface area (Å²) in [5, 5.41) is 3.67. The van der Waals surface area contributed by atoms with Crippen molar-refractivity contribution in [2.24, 2.45) is 0 Å². The van der Waals surface area contributed by atoms with Crippen LogP contribution in [0.15, 0.2) is 16.5 Å². The second-order valence-electron chi connectivity index (χ2n) is 7.07. The summed E-state index contributed by atoms with van der Waals surface area (Å²) in [5.41, 5.74) is 1.42. The lowest BCUT2D eigenvalue weighted by Gasteiger charge is -2.13. The molecule has 0 saturated carbocycles. The van der Waals surface area contributed by atoms with Gasteiger partial charge in [0.05, 0.1) is 29.4 Å². The minimum absolute atomic E-state index is 0.0313. The Hall–Kier alpha value is -2.50.